The molecule has 0 unspecified atom stereocenters. The van der Waals surface area contributed by atoms with Crippen molar-refractivity contribution in [3.63, 3.8) is 0 Å². The molecule has 0 radical (unpaired) electrons. The molecule has 0 saturated heterocycles. The van der Waals surface area contributed by atoms with Gasteiger partial charge in [0.05, 0.1) is 30.7 Å². The molecule has 156 valence electrons. The van der Waals surface area contributed by atoms with Gasteiger partial charge in [0.25, 0.3) is 0 Å². The summed E-state index contributed by atoms with van der Waals surface area (Å²) in [5.41, 5.74) is 2.40. The fourth-order valence-corrected chi connectivity index (χ4v) is 4.05. The predicted octanol–water partition coefficient (Wildman–Crippen LogP) is 6.23. The summed E-state index contributed by atoms with van der Waals surface area (Å²) >= 11 is 8.14. The summed E-state index contributed by atoms with van der Waals surface area (Å²) in [6.07, 6.45) is 0. The summed E-state index contributed by atoms with van der Waals surface area (Å²) < 4.78 is 40.0. The Morgan fingerprint density at radius 3 is 2.48 bits per heavy atom. The van der Waals surface area contributed by atoms with Crippen LogP contribution >= 0.6 is 34.9 Å². The maximum Gasteiger partial charge on any atom is 0.218 e. The van der Waals surface area contributed by atoms with Crippen molar-refractivity contribution < 1.29 is 18.3 Å². The number of hydrogen-bond acceptors (Lipinski definition) is 7. The van der Waals surface area contributed by atoms with Crippen LogP contribution in [0.2, 0.25) is 5.02 Å². The molecule has 0 atom stereocenters. The Balaban J connectivity index is 0.00000145. The first-order valence-corrected chi connectivity index (χ1v) is 10.6. The van der Waals surface area contributed by atoms with E-state index in [0.29, 0.717) is 23.2 Å². The molecule has 0 N–H and O–H groups in total. The highest BCUT2D eigenvalue weighted by Gasteiger charge is 2.19. The van der Waals surface area contributed by atoms with Gasteiger partial charge in [-0.05, 0) is 30.1 Å². The minimum Gasteiger partial charge on any atom is -0.497 e. The highest BCUT2D eigenvalue weighted by molar-refractivity contribution is 8.00. The molecule has 5 nitrogen and oxygen atoms in total. The highest BCUT2D eigenvalue weighted by atomic mass is 35.5. The molecule has 1 heterocycles. The Labute approximate surface area is 181 Å². The summed E-state index contributed by atoms with van der Waals surface area (Å²) in [5, 5.41) is 8.28. The maximum absolute atomic E-state index is 14.2. The quantitative estimate of drug-likeness (QED) is 0.308. The first-order chi connectivity index (χ1) is 14.0. The number of nitrogens with zero attached hydrogens (tertiary/aromatic N) is 3. The van der Waals surface area contributed by atoms with Gasteiger partial charge >= 0.3 is 0 Å². The van der Waals surface area contributed by atoms with Crippen LogP contribution in [0.15, 0.2) is 40.7 Å². The lowest BCUT2D eigenvalue weighted by molar-refractivity contribution is 0.391. The van der Waals surface area contributed by atoms with E-state index >= 15 is 0 Å². The van der Waals surface area contributed by atoms with E-state index in [-0.39, 0.29) is 9.92 Å². The van der Waals surface area contributed by atoms with Gasteiger partial charge in [-0.25, -0.2) is 8.78 Å². The zero-order chi connectivity index (χ0) is 21.4. The Hall–Kier alpha value is -2.10. The predicted molar refractivity (Wildman–Crippen MR) is 114 cm³/mol. The normalized spacial score (nSPS) is 10.2. The minimum atomic E-state index is -0.808. The zero-order valence-corrected chi connectivity index (χ0v) is 18.7. The van der Waals surface area contributed by atoms with Crippen molar-refractivity contribution in [1.82, 2.24) is 10.2 Å². The number of rotatable bonds is 7. The van der Waals surface area contributed by atoms with Crippen molar-refractivity contribution in [2.24, 2.45) is 0 Å². The van der Waals surface area contributed by atoms with E-state index < -0.39 is 11.6 Å². The molecule has 0 aliphatic rings. The van der Waals surface area contributed by atoms with Gasteiger partial charge in [-0.15, -0.1) is 10.2 Å². The lowest BCUT2D eigenvalue weighted by Crippen LogP contribution is -2.15. The Morgan fingerprint density at radius 1 is 1.10 bits per heavy atom. The van der Waals surface area contributed by atoms with Gasteiger partial charge in [-0.2, -0.15) is 0 Å². The molecule has 0 amide bonds. The van der Waals surface area contributed by atoms with E-state index in [1.165, 1.54) is 17.4 Å². The van der Waals surface area contributed by atoms with Gasteiger partial charge in [-0.3, -0.25) is 4.31 Å². The maximum atomic E-state index is 14.2. The number of ether oxygens (including phenoxy) is 2. The van der Waals surface area contributed by atoms with Crippen molar-refractivity contribution in [1.29, 1.82) is 0 Å². The Bertz CT molecular complexity index is 930. The molecule has 3 aromatic rings. The fraction of sp³-hybridized carbons (Fsp3) is 0.263. The molecule has 29 heavy (non-hydrogen) atoms. The molecule has 0 aliphatic carbocycles. The van der Waals surface area contributed by atoms with E-state index in [0.717, 1.165) is 23.6 Å². The van der Waals surface area contributed by atoms with E-state index in [9.17, 15) is 8.78 Å². The second kappa shape index (κ2) is 11.2. The molecule has 0 saturated carbocycles. The van der Waals surface area contributed by atoms with Gasteiger partial charge in [0.2, 0.25) is 5.13 Å². The fourth-order valence-electron chi connectivity index (χ4n) is 2.25. The summed E-state index contributed by atoms with van der Waals surface area (Å²) in [4.78, 5) is 0.170. The first kappa shape index (κ1) is 23.2. The zero-order valence-electron chi connectivity index (χ0n) is 16.3. The summed E-state index contributed by atoms with van der Waals surface area (Å²) in [5.74, 6) is -0.250. The number of hydrogen-bond donors (Lipinski definition) is 0. The lowest BCUT2D eigenvalue weighted by atomic mass is 10.2. The average Bonchev–Trinajstić information content (AvgIpc) is 3.28. The molecule has 0 bridgehead atoms. The van der Waals surface area contributed by atoms with Gasteiger partial charge < -0.3 is 9.47 Å². The Kier molecular flexibility index (Phi) is 8.94. The standard InChI is InChI=1S/C17H14ClF2N3O2S2.C2H6/c1-24-11-4-3-10(15(5-11)25-2)8-23(17-22-21-9-26-17)27-16-6-12(18)13(19)7-14(16)20;1-2/h3-7,9H,8H2,1-2H3;1-2H3. The lowest BCUT2D eigenvalue weighted by Gasteiger charge is -2.21. The second-order valence-electron chi connectivity index (χ2n) is 5.22. The van der Waals surface area contributed by atoms with Crippen molar-refractivity contribution in [2.45, 2.75) is 25.3 Å². The largest absolute Gasteiger partial charge is 0.497 e. The van der Waals surface area contributed by atoms with Gasteiger partial charge in [0.1, 0.15) is 28.6 Å². The summed E-state index contributed by atoms with van der Waals surface area (Å²) in [7, 11) is 3.12. The van der Waals surface area contributed by atoms with Crippen LogP contribution in [0, 0.1) is 11.6 Å². The molecular formula is C19H20ClF2N3O2S2. The van der Waals surface area contributed by atoms with Crippen LogP contribution in [0.5, 0.6) is 11.5 Å². The van der Waals surface area contributed by atoms with Crippen molar-refractivity contribution in [3.05, 3.63) is 58.1 Å². The van der Waals surface area contributed by atoms with E-state index in [1.54, 1.807) is 36.2 Å². The molecule has 10 heteroatoms. The smallest absolute Gasteiger partial charge is 0.218 e. The molecule has 3 rings (SSSR count). The van der Waals surface area contributed by atoms with Crippen LogP contribution in [-0.2, 0) is 6.54 Å². The first-order valence-electron chi connectivity index (χ1n) is 8.59. The molecule has 0 fully saturated rings. The van der Waals surface area contributed by atoms with Crippen molar-refractivity contribution in [3.8, 4) is 11.5 Å². The number of methoxy groups -OCH3 is 2. The van der Waals surface area contributed by atoms with Crippen LogP contribution in [0.1, 0.15) is 19.4 Å². The monoisotopic (exact) mass is 459 g/mol. The SMILES string of the molecule is CC.COc1ccc(CN(Sc2cc(Cl)c(F)cc2F)c2nncs2)c(OC)c1. The highest BCUT2D eigenvalue weighted by Crippen LogP contribution is 2.36. The topological polar surface area (TPSA) is 47.5 Å². The third kappa shape index (κ3) is 5.94. The Morgan fingerprint density at radius 2 is 1.86 bits per heavy atom. The van der Waals surface area contributed by atoms with Crippen molar-refractivity contribution in [2.75, 3.05) is 18.5 Å². The van der Waals surface area contributed by atoms with E-state index in [4.69, 9.17) is 21.1 Å². The van der Waals surface area contributed by atoms with Crippen molar-refractivity contribution >= 4 is 40.0 Å². The van der Waals surface area contributed by atoms with Gasteiger partial charge in [0.15, 0.2) is 0 Å². The van der Waals surface area contributed by atoms with E-state index in [1.807, 2.05) is 19.9 Å². The molecule has 0 aliphatic heterocycles. The average molecular weight is 460 g/mol. The molecule has 1 aromatic heterocycles. The van der Waals surface area contributed by atoms with Crippen LogP contribution in [-0.4, -0.2) is 24.4 Å². The van der Waals surface area contributed by atoms with Gasteiger partial charge in [-0.1, -0.05) is 36.8 Å². The molecule has 0 spiro atoms. The number of halogens is 3. The van der Waals surface area contributed by atoms with Crippen LogP contribution in [0.4, 0.5) is 13.9 Å². The summed E-state index contributed by atoms with van der Waals surface area (Å²) in [6.45, 7) is 4.33. The molecular weight excluding hydrogens is 440 g/mol. The number of aromatic nitrogens is 2. The van der Waals surface area contributed by atoms with Crippen LogP contribution in [0.25, 0.3) is 0 Å². The second-order valence-corrected chi connectivity index (χ2v) is 7.51. The van der Waals surface area contributed by atoms with Crippen LogP contribution < -0.4 is 13.8 Å². The summed E-state index contributed by atoms with van der Waals surface area (Å²) in [6, 6.07) is 7.41. The third-order valence-corrected chi connectivity index (χ3v) is 5.70. The van der Waals surface area contributed by atoms with Crippen LogP contribution in [0.3, 0.4) is 0 Å². The molecule has 2 aromatic carbocycles. The van der Waals surface area contributed by atoms with Gasteiger partial charge in [0, 0.05) is 17.7 Å². The number of benzene rings is 2. The minimum absolute atomic E-state index is 0.154. The number of anilines is 1. The van der Waals surface area contributed by atoms with E-state index in [2.05, 4.69) is 10.2 Å². The third-order valence-electron chi connectivity index (χ3n) is 3.55.